The highest BCUT2D eigenvalue weighted by molar-refractivity contribution is 7.89. The van der Waals surface area contributed by atoms with Crippen LogP contribution < -0.4 is 0 Å². The van der Waals surface area contributed by atoms with E-state index >= 15 is 0 Å². The smallest absolute Gasteiger partial charge is 0.242 e. The van der Waals surface area contributed by atoms with Crippen molar-refractivity contribution in [1.29, 1.82) is 0 Å². The fourth-order valence-electron chi connectivity index (χ4n) is 5.42. The summed E-state index contributed by atoms with van der Waals surface area (Å²) in [6.45, 7) is 4.24. The van der Waals surface area contributed by atoms with Crippen LogP contribution in [0.2, 0.25) is 0 Å². The molecule has 2 saturated carbocycles. The van der Waals surface area contributed by atoms with Crippen molar-refractivity contribution in [2.75, 3.05) is 20.0 Å². The van der Waals surface area contributed by atoms with Gasteiger partial charge in [-0.15, -0.1) is 0 Å². The third-order valence-electron chi connectivity index (χ3n) is 6.27. The van der Waals surface area contributed by atoms with E-state index in [-0.39, 0.29) is 17.1 Å². The Morgan fingerprint density at radius 3 is 2.42 bits per heavy atom. The number of hydrogen-bond donors (Lipinski definition) is 0. The van der Waals surface area contributed by atoms with Crippen LogP contribution in [0.25, 0.3) is 0 Å². The van der Waals surface area contributed by atoms with Gasteiger partial charge in [0.15, 0.2) is 0 Å². The molecule has 0 N–H and O–H groups in total. The second kappa shape index (κ2) is 2.87. The van der Waals surface area contributed by atoms with Crippen LogP contribution in [0.15, 0.2) is 0 Å². The number of fused-ring (bicyclic) bond motifs is 1. The van der Waals surface area contributed by atoms with Gasteiger partial charge in [0.05, 0.1) is 5.75 Å². The minimum absolute atomic E-state index is 0.135. The maximum atomic E-state index is 12.3. The molecule has 0 radical (unpaired) electrons. The Bertz CT molecular complexity index is 569. The number of nitrogens with zero attached hydrogens (tertiary/aromatic N) is 1. The number of hydroxylamine groups is 1. The maximum absolute atomic E-state index is 12.3. The monoisotopic (exact) mass is 289 g/mol. The van der Waals surface area contributed by atoms with Crippen LogP contribution in [-0.2, 0) is 24.3 Å². The normalized spacial score (nSPS) is 53.9. The van der Waals surface area contributed by atoms with E-state index in [1.165, 1.54) is 0 Å². The first-order valence-electron chi connectivity index (χ1n) is 6.58. The minimum Gasteiger partial charge on any atom is -0.349 e. The van der Waals surface area contributed by atoms with Gasteiger partial charge in [0, 0.05) is 25.6 Å². The molecule has 4 fully saturated rings. The standard InChI is InChI=1S/C12H19NO5S/c1-9(2)8-5-6-10(9)7-19(14,15)13-12(10,18-13)11(8,16-3)17-4/h8H,5-7H2,1-4H3/t8-,10-,12-,13?/m0/s1. The first kappa shape index (κ1) is 12.5. The molecular weight excluding hydrogens is 270 g/mol. The zero-order chi connectivity index (χ0) is 13.9. The molecule has 19 heavy (non-hydrogen) atoms. The van der Waals surface area contributed by atoms with Crippen molar-refractivity contribution in [3.05, 3.63) is 0 Å². The van der Waals surface area contributed by atoms with Crippen LogP contribution in [-0.4, -0.2) is 44.4 Å². The molecule has 4 rings (SSSR count). The molecule has 0 amide bonds. The lowest BCUT2D eigenvalue weighted by Crippen LogP contribution is -2.57. The van der Waals surface area contributed by atoms with Crippen molar-refractivity contribution in [2.24, 2.45) is 16.7 Å². The van der Waals surface area contributed by atoms with Gasteiger partial charge in [0.2, 0.25) is 21.5 Å². The third-order valence-corrected chi connectivity index (χ3v) is 7.97. The molecule has 108 valence electrons. The number of hydrogen-bond acceptors (Lipinski definition) is 5. The van der Waals surface area contributed by atoms with Gasteiger partial charge in [0.1, 0.15) is 0 Å². The molecule has 2 aliphatic carbocycles. The Kier molecular flexibility index (Phi) is 1.89. The summed E-state index contributed by atoms with van der Waals surface area (Å²) >= 11 is 0. The predicted octanol–water partition coefficient (Wildman–Crippen LogP) is 0.699. The highest BCUT2D eigenvalue weighted by Gasteiger charge is 2.98. The highest BCUT2D eigenvalue weighted by atomic mass is 32.2. The van der Waals surface area contributed by atoms with E-state index in [0.29, 0.717) is 0 Å². The molecule has 2 heterocycles. The van der Waals surface area contributed by atoms with Crippen LogP contribution in [0.3, 0.4) is 0 Å². The molecule has 2 spiro atoms. The molecule has 2 aliphatic heterocycles. The van der Waals surface area contributed by atoms with Crippen molar-refractivity contribution in [3.63, 3.8) is 0 Å². The van der Waals surface area contributed by atoms with E-state index in [1.807, 2.05) is 0 Å². The van der Waals surface area contributed by atoms with E-state index < -0.39 is 27.0 Å². The molecule has 1 unspecified atom stereocenters. The van der Waals surface area contributed by atoms with Crippen molar-refractivity contribution >= 4 is 10.0 Å². The Hall–Kier alpha value is -0.210. The Morgan fingerprint density at radius 1 is 1.26 bits per heavy atom. The van der Waals surface area contributed by atoms with Gasteiger partial charge in [-0.25, -0.2) is 13.3 Å². The van der Waals surface area contributed by atoms with Crippen LogP contribution in [0.4, 0.5) is 0 Å². The topological polar surface area (TPSA) is 68.1 Å². The fourth-order valence-corrected chi connectivity index (χ4v) is 7.79. The number of ether oxygens (including phenoxy) is 2. The molecule has 6 nitrogen and oxygen atoms in total. The second-order valence-corrected chi connectivity index (χ2v) is 8.47. The summed E-state index contributed by atoms with van der Waals surface area (Å²) in [5, 5.41) is 0. The van der Waals surface area contributed by atoms with Gasteiger partial charge in [-0.05, 0) is 22.7 Å². The average molecular weight is 289 g/mol. The summed E-state index contributed by atoms with van der Waals surface area (Å²) in [5.74, 6) is -0.716. The summed E-state index contributed by atoms with van der Waals surface area (Å²) in [7, 11) is -0.221. The quantitative estimate of drug-likeness (QED) is 0.553. The molecule has 2 bridgehead atoms. The predicted molar refractivity (Wildman–Crippen MR) is 65.1 cm³/mol. The molecule has 0 aromatic carbocycles. The summed E-state index contributed by atoms with van der Waals surface area (Å²) < 4.78 is 37.2. The summed E-state index contributed by atoms with van der Waals surface area (Å²) in [4.78, 5) is 5.63. The van der Waals surface area contributed by atoms with Crippen molar-refractivity contribution in [1.82, 2.24) is 4.47 Å². The zero-order valence-corrected chi connectivity index (χ0v) is 12.4. The van der Waals surface area contributed by atoms with Gasteiger partial charge < -0.3 is 9.47 Å². The molecule has 7 heteroatoms. The SMILES string of the molecule is COC1(OC)[C@H]2CC[C@]3(CS(=O)(=O)N4O[C@]413)C2(C)C. The molecule has 0 aromatic rings. The van der Waals surface area contributed by atoms with Gasteiger partial charge in [-0.2, -0.15) is 0 Å². The van der Waals surface area contributed by atoms with Crippen LogP contribution >= 0.6 is 0 Å². The van der Waals surface area contributed by atoms with E-state index in [9.17, 15) is 8.42 Å². The molecule has 4 aliphatic rings. The molecular formula is C12H19NO5S. The molecule has 4 atom stereocenters. The minimum atomic E-state index is -3.37. The van der Waals surface area contributed by atoms with E-state index in [0.717, 1.165) is 17.3 Å². The lowest BCUT2D eigenvalue weighted by atomic mass is 9.68. The Labute approximate surface area is 113 Å². The largest absolute Gasteiger partial charge is 0.349 e. The van der Waals surface area contributed by atoms with Crippen LogP contribution in [0.1, 0.15) is 26.7 Å². The maximum Gasteiger partial charge on any atom is 0.242 e. The number of sulfonamides is 1. The lowest BCUT2D eigenvalue weighted by Gasteiger charge is -2.40. The first-order chi connectivity index (χ1) is 8.76. The van der Waals surface area contributed by atoms with Crippen LogP contribution in [0, 0.1) is 16.7 Å². The van der Waals surface area contributed by atoms with Crippen LogP contribution in [0.5, 0.6) is 0 Å². The number of methoxy groups -OCH3 is 2. The van der Waals surface area contributed by atoms with Gasteiger partial charge in [0.25, 0.3) is 0 Å². The van der Waals surface area contributed by atoms with Gasteiger partial charge in [-0.3, -0.25) is 0 Å². The molecule has 0 aromatic heterocycles. The van der Waals surface area contributed by atoms with E-state index in [4.69, 9.17) is 14.3 Å². The van der Waals surface area contributed by atoms with Crippen molar-refractivity contribution in [3.8, 4) is 0 Å². The average Bonchev–Trinajstić information content (AvgIpc) is 2.96. The third kappa shape index (κ3) is 0.861. The lowest BCUT2D eigenvalue weighted by molar-refractivity contribution is -0.277. The Morgan fingerprint density at radius 2 is 1.89 bits per heavy atom. The first-order valence-corrected chi connectivity index (χ1v) is 8.19. The fraction of sp³-hybridized carbons (Fsp3) is 1.00. The van der Waals surface area contributed by atoms with Gasteiger partial charge in [-0.1, -0.05) is 13.8 Å². The highest BCUT2D eigenvalue weighted by Crippen LogP contribution is 2.83. The summed E-state index contributed by atoms with van der Waals surface area (Å²) in [6.07, 6.45) is 1.75. The zero-order valence-electron chi connectivity index (χ0n) is 11.6. The van der Waals surface area contributed by atoms with Crippen molar-refractivity contribution < 1.29 is 22.7 Å². The van der Waals surface area contributed by atoms with Gasteiger partial charge >= 0.3 is 0 Å². The number of rotatable bonds is 2. The second-order valence-electron chi connectivity index (χ2n) is 6.69. The summed E-state index contributed by atoms with van der Waals surface area (Å²) in [6, 6.07) is 0. The summed E-state index contributed by atoms with van der Waals surface area (Å²) in [5.41, 5.74) is -1.58. The van der Waals surface area contributed by atoms with E-state index in [1.54, 1.807) is 14.2 Å². The van der Waals surface area contributed by atoms with E-state index in [2.05, 4.69) is 13.8 Å². The Balaban J connectivity index is 2.03. The van der Waals surface area contributed by atoms with Crippen molar-refractivity contribution in [2.45, 2.75) is 38.2 Å². The molecule has 2 saturated heterocycles.